The van der Waals surface area contributed by atoms with Gasteiger partial charge >= 0.3 is 0 Å². The summed E-state index contributed by atoms with van der Waals surface area (Å²) in [4.78, 5) is 6.31. The van der Waals surface area contributed by atoms with E-state index in [1.807, 2.05) is 0 Å². The summed E-state index contributed by atoms with van der Waals surface area (Å²) < 4.78 is 24.9. The van der Waals surface area contributed by atoms with E-state index in [2.05, 4.69) is 27.0 Å². The predicted octanol–water partition coefficient (Wildman–Crippen LogP) is 2.58. The molecule has 1 saturated carbocycles. The molecule has 0 aromatic carbocycles. The van der Waals surface area contributed by atoms with Crippen LogP contribution in [0.15, 0.2) is 4.99 Å². The molecular weight excluding hydrogens is 268 g/mol. The van der Waals surface area contributed by atoms with Crippen LogP contribution in [0.25, 0.3) is 0 Å². The fraction of sp³-hybridized carbons (Fsp3) is 0.923. The van der Waals surface area contributed by atoms with Crippen molar-refractivity contribution in [3.8, 4) is 0 Å². The van der Waals surface area contributed by atoms with Gasteiger partial charge in [-0.2, -0.15) is 11.8 Å². The molecule has 2 fully saturated rings. The van der Waals surface area contributed by atoms with E-state index in [9.17, 15) is 8.78 Å². The van der Waals surface area contributed by atoms with Crippen LogP contribution in [0.2, 0.25) is 0 Å². The summed E-state index contributed by atoms with van der Waals surface area (Å²) in [6.07, 6.45) is 4.09. The number of guanidine groups is 1. The molecule has 0 aromatic rings. The number of aliphatic imine (C=N–C) groups is 1. The second-order valence-electron chi connectivity index (χ2n) is 5.33. The number of nitrogens with zero attached hydrogens (tertiary/aromatic N) is 2. The number of hydrogen-bond acceptors (Lipinski definition) is 2. The fourth-order valence-electron chi connectivity index (χ4n) is 3.02. The van der Waals surface area contributed by atoms with Gasteiger partial charge in [0.15, 0.2) is 5.96 Å². The zero-order valence-electron chi connectivity index (χ0n) is 11.5. The van der Waals surface area contributed by atoms with Crippen molar-refractivity contribution in [3.05, 3.63) is 0 Å². The maximum atomic E-state index is 12.3. The van der Waals surface area contributed by atoms with Crippen molar-refractivity contribution < 1.29 is 8.78 Å². The second-order valence-corrected chi connectivity index (χ2v) is 6.90. The van der Waals surface area contributed by atoms with Gasteiger partial charge < -0.3 is 10.2 Å². The minimum absolute atomic E-state index is 0.316. The highest BCUT2D eigenvalue weighted by Crippen LogP contribution is 2.42. The van der Waals surface area contributed by atoms with Crippen molar-refractivity contribution in [2.24, 2.45) is 4.99 Å². The number of thioether (sulfide) groups is 1. The van der Waals surface area contributed by atoms with Gasteiger partial charge in [-0.1, -0.05) is 19.3 Å². The zero-order valence-corrected chi connectivity index (χ0v) is 12.3. The van der Waals surface area contributed by atoms with Crippen molar-refractivity contribution in [2.75, 3.05) is 32.4 Å². The minimum atomic E-state index is -2.33. The van der Waals surface area contributed by atoms with Gasteiger partial charge in [0.05, 0.1) is 6.54 Å². The van der Waals surface area contributed by atoms with Crippen LogP contribution in [0.1, 0.15) is 32.1 Å². The van der Waals surface area contributed by atoms with Gasteiger partial charge in [-0.25, -0.2) is 8.78 Å². The summed E-state index contributed by atoms with van der Waals surface area (Å²) in [6.45, 7) is 1.53. The first-order valence-corrected chi connectivity index (χ1v) is 8.01. The van der Waals surface area contributed by atoms with Gasteiger partial charge in [0, 0.05) is 30.6 Å². The monoisotopic (exact) mass is 291 g/mol. The predicted molar refractivity (Wildman–Crippen MR) is 77.2 cm³/mol. The van der Waals surface area contributed by atoms with Crippen LogP contribution < -0.4 is 5.32 Å². The Kier molecular flexibility index (Phi) is 5.30. The molecule has 1 aliphatic carbocycles. The average molecular weight is 291 g/mol. The van der Waals surface area contributed by atoms with Crippen molar-refractivity contribution >= 4 is 17.7 Å². The highest BCUT2D eigenvalue weighted by Gasteiger charge is 2.38. The number of halogens is 2. The van der Waals surface area contributed by atoms with Crippen LogP contribution in [0.5, 0.6) is 0 Å². The normalized spacial score (nSPS) is 24.0. The van der Waals surface area contributed by atoms with Crippen molar-refractivity contribution in [1.82, 2.24) is 10.2 Å². The first-order chi connectivity index (χ1) is 9.15. The fourth-order valence-corrected chi connectivity index (χ4v) is 4.59. The molecule has 1 heterocycles. The van der Waals surface area contributed by atoms with Gasteiger partial charge in [0.25, 0.3) is 6.43 Å². The summed E-state index contributed by atoms with van der Waals surface area (Å²) in [5.41, 5.74) is 0. The largest absolute Gasteiger partial charge is 0.351 e. The van der Waals surface area contributed by atoms with Gasteiger partial charge in [0.1, 0.15) is 0 Å². The lowest BCUT2D eigenvalue weighted by Gasteiger charge is -2.45. The maximum absolute atomic E-state index is 12.3. The van der Waals surface area contributed by atoms with E-state index in [-0.39, 0.29) is 6.54 Å². The summed E-state index contributed by atoms with van der Waals surface area (Å²) in [5.74, 6) is 1.69. The molecule has 2 rings (SSSR count). The average Bonchev–Trinajstić information content (AvgIpc) is 2.40. The molecule has 0 atom stereocenters. The molecule has 1 spiro atoms. The summed E-state index contributed by atoms with van der Waals surface area (Å²) in [6, 6.07) is 0. The van der Waals surface area contributed by atoms with Crippen LogP contribution in [0, 0.1) is 0 Å². The van der Waals surface area contributed by atoms with E-state index in [1.54, 1.807) is 7.05 Å². The third kappa shape index (κ3) is 3.97. The topological polar surface area (TPSA) is 27.6 Å². The molecule has 3 nitrogen and oxygen atoms in total. The molecule has 0 bridgehead atoms. The zero-order chi connectivity index (χ0) is 13.7. The quantitative estimate of drug-likeness (QED) is 0.626. The van der Waals surface area contributed by atoms with Crippen LogP contribution >= 0.6 is 11.8 Å². The smallest absolute Gasteiger partial charge is 0.255 e. The minimum Gasteiger partial charge on any atom is -0.351 e. The van der Waals surface area contributed by atoms with E-state index in [0.717, 1.165) is 18.8 Å². The molecule has 1 aliphatic heterocycles. The summed E-state index contributed by atoms with van der Waals surface area (Å²) in [7, 11) is 1.67. The molecule has 0 unspecified atom stereocenters. The summed E-state index contributed by atoms with van der Waals surface area (Å²) in [5, 5.41) is 2.78. The third-order valence-corrected chi connectivity index (χ3v) is 5.48. The third-order valence-electron chi connectivity index (χ3n) is 3.94. The van der Waals surface area contributed by atoms with Gasteiger partial charge in [-0.15, -0.1) is 0 Å². The Morgan fingerprint density at radius 1 is 1.37 bits per heavy atom. The molecule has 6 heteroatoms. The van der Waals surface area contributed by atoms with Gasteiger partial charge in [-0.05, 0) is 12.8 Å². The van der Waals surface area contributed by atoms with E-state index in [1.165, 1.54) is 32.1 Å². The Balaban J connectivity index is 1.95. The molecule has 1 saturated heterocycles. The Morgan fingerprint density at radius 3 is 2.74 bits per heavy atom. The van der Waals surface area contributed by atoms with E-state index < -0.39 is 6.43 Å². The van der Waals surface area contributed by atoms with Crippen LogP contribution in [0.3, 0.4) is 0 Å². The number of hydrogen-bond donors (Lipinski definition) is 1. The molecule has 2 aliphatic rings. The summed E-state index contributed by atoms with van der Waals surface area (Å²) >= 11 is 2.07. The van der Waals surface area contributed by atoms with E-state index in [4.69, 9.17) is 0 Å². The SMILES string of the molecule is CN=C(NCC(F)F)N1CCSC2(CCCCC2)C1. The first kappa shape index (κ1) is 14.9. The van der Waals surface area contributed by atoms with Crippen LogP contribution in [0.4, 0.5) is 8.78 Å². The highest BCUT2D eigenvalue weighted by atomic mass is 32.2. The molecule has 1 N–H and O–H groups in total. The molecular formula is C13H23F2N3S. The Labute approximate surface area is 118 Å². The standard InChI is InChI=1S/C13H23F2N3S/c1-16-12(17-9-11(14)15)18-7-8-19-13(10-18)5-3-2-4-6-13/h11H,2-10H2,1H3,(H,16,17). The van der Waals surface area contributed by atoms with Crippen molar-refractivity contribution in [2.45, 2.75) is 43.3 Å². The van der Waals surface area contributed by atoms with E-state index >= 15 is 0 Å². The number of rotatable bonds is 2. The van der Waals surface area contributed by atoms with Crippen molar-refractivity contribution in [1.29, 1.82) is 0 Å². The van der Waals surface area contributed by atoms with Crippen LogP contribution in [-0.4, -0.2) is 54.5 Å². The lowest BCUT2D eigenvalue weighted by Crippen LogP contribution is -2.54. The Hall–Kier alpha value is -0.520. The van der Waals surface area contributed by atoms with Gasteiger partial charge in [0.2, 0.25) is 0 Å². The second kappa shape index (κ2) is 6.77. The number of nitrogens with one attached hydrogen (secondary N) is 1. The van der Waals surface area contributed by atoms with E-state index in [0.29, 0.717) is 10.7 Å². The lowest BCUT2D eigenvalue weighted by atomic mass is 9.87. The number of alkyl halides is 2. The molecule has 110 valence electrons. The molecule has 19 heavy (non-hydrogen) atoms. The Morgan fingerprint density at radius 2 is 2.11 bits per heavy atom. The Bertz CT molecular complexity index is 312. The molecule has 0 aromatic heterocycles. The highest BCUT2D eigenvalue weighted by molar-refractivity contribution is 8.00. The van der Waals surface area contributed by atoms with Crippen LogP contribution in [-0.2, 0) is 0 Å². The maximum Gasteiger partial charge on any atom is 0.255 e. The first-order valence-electron chi connectivity index (χ1n) is 7.03. The molecule has 0 amide bonds. The lowest BCUT2D eigenvalue weighted by molar-refractivity contribution is 0.150. The molecule has 0 radical (unpaired) electrons. The van der Waals surface area contributed by atoms with Crippen molar-refractivity contribution in [3.63, 3.8) is 0 Å². The van der Waals surface area contributed by atoms with Gasteiger partial charge in [-0.3, -0.25) is 4.99 Å².